The van der Waals surface area contributed by atoms with Crippen LogP contribution in [0.2, 0.25) is 0 Å². The van der Waals surface area contributed by atoms with E-state index >= 15 is 0 Å². The Hall–Kier alpha value is -0.860. The van der Waals surface area contributed by atoms with Crippen LogP contribution in [0.4, 0.5) is 0 Å². The molecule has 0 amide bonds. The van der Waals surface area contributed by atoms with Crippen LogP contribution in [0.3, 0.4) is 0 Å². The van der Waals surface area contributed by atoms with Gasteiger partial charge in [0, 0.05) is 0 Å². The lowest BCUT2D eigenvalue weighted by molar-refractivity contribution is 1.02. The number of rotatable bonds is 0. The quantitative estimate of drug-likeness (QED) is 0.576. The summed E-state index contributed by atoms with van der Waals surface area (Å²) in [4.78, 5) is 0. The van der Waals surface area contributed by atoms with Gasteiger partial charge in [-0.1, -0.05) is 36.4 Å². The van der Waals surface area contributed by atoms with Crippen molar-refractivity contribution in [3.63, 3.8) is 0 Å². The first-order valence-electron chi connectivity index (χ1n) is 3.00. The van der Waals surface area contributed by atoms with Gasteiger partial charge in [-0.15, -0.1) is 0 Å². The maximum Gasteiger partial charge on any atom is -0.0167 e. The van der Waals surface area contributed by atoms with Crippen molar-refractivity contribution in [3.8, 4) is 0 Å². The summed E-state index contributed by atoms with van der Waals surface area (Å²) in [6.45, 7) is 0. The number of hydrogen-bond acceptors (Lipinski definition) is 2. The largest absolute Gasteiger partial charge is 0.344 e. The summed E-state index contributed by atoms with van der Waals surface area (Å²) in [5.74, 6) is 0. The molecule has 0 heterocycles. The molecule has 0 aliphatic carbocycles. The van der Waals surface area contributed by atoms with Gasteiger partial charge in [-0.25, -0.2) is 0 Å². The van der Waals surface area contributed by atoms with E-state index < -0.39 is 0 Å². The Kier molecular flexibility index (Phi) is 13.1. The molecule has 0 aliphatic heterocycles. The van der Waals surface area contributed by atoms with E-state index in [4.69, 9.17) is 0 Å². The van der Waals surface area contributed by atoms with Crippen LogP contribution in [0, 0.1) is 0 Å². The predicted octanol–water partition coefficient (Wildman–Crippen LogP) is 1.68. The van der Waals surface area contributed by atoms with Gasteiger partial charge in [0.15, 0.2) is 0 Å². The molecule has 0 spiro atoms. The Labute approximate surface area is 62.9 Å². The Bertz CT molecular complexity index is 90.1. The van der Waals surface area contributed by atoms with Gasteiger partial charge < -0.3 is 11.5 Å². The average Bonchev–Trinajstić information content (AvgIpc) is 1.93. The van der Waals surface area contributed by atoms with E-state index in [0.29, 0.717) is 0 Å². The Morgan fingerprint density at radius 3 is 0.900 bits per heavy atom. The number of nitrogens with one attached hydrogen (secondary N) is 1. The van der Waals surface area contributed by atoms with Gasteiger partial charge in [-0.05, 0) is 14.1 Å². The van der Waals surface area contributed by atoms with E-state index in [9.17, 15) is 0 Å². The minimum absolute atomic E-state index is 0. The average molecular weight is 140 g/mol. The molecule has 0 bridgehead atoms. The topological polar surface area (TPSA) is 47.0 Å². The molecule has 0 fully saturated rings. The Balaban J connectivity index is 0. The van der Waals surface area contributed by atoms with Crippen molar-refractivity contribution in [1.29, 1.82) is 0 Å². The summed E-state index contributed by atoms with van der Waals surface area (Å²) in [7, 11) is 3.75. The van der Waals surface area contributed by atoms with Crippen LogP contribution >= 0.6 is 0 Å². The maximum absolute atomic E-state index is 2.75. The second-order valence-electron chi connectivity index (χ2n) is 1.65. The van der Waals surface area contributed by atoms with Crippen LogP contribution in [0.15, 0.2) is 36.4 Å². The third-order valence-corrected chi connectivity index (χ3v) is 0.667. The third kappa shape index (κ3) is 10.2. The van der Waals surface area contributed by atoms with Crippen LogP contribution in [-0.4, -0.2) is 14.1 Å². The van der Waals surface area contributed by atoms with E-state index in [-0.39, 0.29) is 6.15 Å². The van der Waals surface area contributed by atoms with Crippen molar-refractivity contribution in [2.75, 3.05) is 14.1 Å². The molecule has 0 aromatic heterocycles. The molecule has 2 heteroatoms. The fourth-order valence-electron chi connectivity index (χ4n) is 0.385. The molecule has 0 aliphatic rings. The molecule has 0 saturated carbocycles. The highest BCUT2D eigenvalue weighted by atomic mass is 14.7. The minimum atomic E-state index is 0. The van der Waals surface area contributed by atoms with Gasteiger partial charge in [0.1, 0.15) is 0 Å². The van der Waals surface area contributed by atoms with Crippen molar-refractivity contribution in [2.24, 2.45) is 0 Å². The van der Waals surface area contributed by atoms with Gasteiger partial charge in [0.2, 0.25) is 0 Å². The predicted molar refractivity (Wildman–Crippen MR) is 46.4 cm³/mol. The number of benzene rings is 1. The molecule has 2 nitrogen and oxygen atoms in total. The summed E-state index contributed by atoms with van der Waals surface area (Å²) < 4.78 is 0. The van der Waals surface area contributed by atoms with Gasteiger partial charge in [-0.2, -0.15) is 0 Å². The van der Waals surface area contributed by atoms with Crippen LogP contribution in [0.25, 0.3) is 0 Å². The highest BCUT2D eigenvalue weighted by Crippen LogP contribution is 1.79. The lowest BCUT2D eigenvalue weighted by atomic mass is 10.4. The summed E-state index contributed by atoms with van der Waals surface area (Å²) in [5, 5.41) is 2.75. The van der Waals surface area contributed by atoms with Gasteiger partial charge >= 0.3 is 0 Å². The van der Waals surface area contributed by atoms with E-state index in [1.54, 1.807) is 0 Å². The first-order valence-corrected chi connectivity index (χ1v) is 3.00. The van der Waals surface area contributed by atoms with E-state index in [1.165, 1.54) is 0 Å². The molecular formula is C8H16N2. The lowest BCUT2D eigenvalue weighted by Gasteiger charge is -1.69. The van der Waals surface area contributed by atoms with Crippen LogP contribution < -0.4 is 11.5 Å². The zero-order chi connectivity index (χ0) is 6.95. The first kappa shape index (κ1) is 11.9. The second-order valence-corrected chi connectivity index (χ2v) is 1.65. The molecule has 0 radical (unpaired) electrons. The molecule has 4 N–H and O–H groups in total. The fourth-order valence-corrected chi connectivity index (χ4v) is 0.385. The SMILES string of the molecule is CNC.N.c1ccccc1. The first-order chi connectivity index (χ1) is 4.41. The second kappa shape index (κ2) is 11.0. The molecule has 10 heavy (non-hydrogen) atoms. The van der Waals surface area contributed by atoms with E-state index in [0.717, 1.165) is 0 Å². The van der Waals surface area contributed by atoms with Crippen molar-refractivity contribution in [2.45, 2.75) is 0 Å². The molecule has 0 unspecified atom stereocenters. The molecule has 0 saturated heterocycles. The Morgan fingerprint density at radius 2 is 0.800 bits per heavy atom. The molecule has 1 aromatic carbocycles. The van der Waals surface area contributed by atoms with Gasteiger partial charge in [0.25, 0.3) is 0 Å². The van der Waals surface area contributed by atoms with Crippen molar-refractivity contribution in [1.82, 2.24) is 11.5 Å². The minimum Gasteiger partial charge on any atom is -0.344 e. The van der Waals surface area contributed by atoms with Gasteiger partial charge in [0.05, 0.1) is 0 Å². The summed E-state index contributed by atoms with van der Waals surface area (Å²) in [5.41, 5.74) is 0. The summed E-state index contributed by atoms with van der Waals surface area (Å²) >= 11 is 0. The zero-order valence-electron chi connectivity index (χ0n) is 6.67. The highest BCUT2D eigenvalue weighted by molar-refractivity contribution is 4.99. The molecule has 1 rings (SSSR count). The lowest BCUT2D eigenvalue weighted by Crippen LogP contribution is -1.89. The monoisotopic (exact) mass is 140 g/mol. The third-order valence-electron chi connectivity index (χ3n) is 0.667. The van der Waals surface area contributed by atoms with Crippen molar-refractivity contribution >= 4 is 0 Å². The normalized spacial score (nSPS) is 6.60. The summed E-state index contributed by atoms with van der Waals surface area (Å²) in [6, 6.07) is 12.0. The molecule has 1 aromatic rings. The standard InChI is InChI=1S/C6H6.C2H7N.H3N/c1-2-4-6-5-3-1;1-3-2;/h1-6H;3H,1-2H3;1H3. The molecule has 58 valence electrons. The van der Waals surface area contributed by atoms with Crippen LogP contribution in [0.1, 0.15) is 0 Å². The van der Waals surface area contributed by atoms with Crippen LogP contribution in [0.5, 0.6) is 0 Å². The van der Waals surface area contributed by atoms with E-state index in [1.807, 2.05) is 50.5 Å². The summed E-state index contributed by atoms with van der Waals surface area (Å²) in [6.07, 6.45) is 0. The van der Waals surface area contributed by atoms with Gasteiger partial charge in [-0.3, -0.25) is 0 Å². The highest BCUT2D eigenvalue weighted by Gasteiger charge is 1.57. The Morgan fingerprint density at radius 1 is 0.700 bits per heavy atom. The van der Waals surface area contributed by atoms with Crippen molar-refractivity contribution in [3.05, 3.63) is 36.4 Å². The zero-order valence-corrected chi connectivity index (χ0v) is 6.67. The fraction of sp³-hybridized carbons (Fsp3) is 0.250. The smallest absolute Gasteiger partial charge is 0.0167 e. The van der Waals surface area contributed by atoms with E-state index in [2.05, 4.69) is 5.32 Å². The van der Waals surface area contributed by atoms with Crippen LogP contribution in [-0.2, 0) is 0 Å². The number of hydrogen-bond donors (Lipinski definition) is 2. The van der Waals surface area contributed by atoms with Crippen molar-refractivity contribution < 1.29 is 0 Å². The molecule has 0 atom stereocenters. The maximum atomic E-state index is 2.75. The molecular weight excluding hydrogens is 124 g/mol.